The Labute approximate surface area is 420 Å². The molecule has 0 radical (unpaired) electrons. The highest BCUT2D eigenvalue weighted by molar-refractivity contribution is 5.95. The highest BCUT2D eigenvalue weighted by Crippen LogP contribution is 2.27. The van der Waals surface area contributed by atoms with Crippen LogP contribution in [0.5, 0.6) is 17.2 Å². The summed E-state index contributed by atoms with van der Waals surface area (Å²) in [5.41, 5.74) is 8.52. The van der Waals surface area contributed by atoms with Gasteiger partial charge in [0.05, 0.1) is 80.6 Å². The van der Waals surface area contributed by atoms with Crippen LogP contribution in [0, 0.1) is 47.0 Å². The molecule has 0 heterocycles. The molecule has 0 aliphatic carbocycles. The van der Waals surface area contributed by atoms with Crippen LogP contribution in [0.3, 0.4) is 0 Å². The number of carbonyl (C=O) groups excluding carboxylic acids is 2. The van der Waals surface area contributed by atoms with Crippen LogP contribution in [-0.2, 0) is 25.9 Å². The lowest BCUT2D eigenvalue weighted by atomic mass is 10.0. The number of nitriles is 2. The van der Waals surface area contributed by atoms with Crippen LogP contribution < -0.4 is 14.2 Å². The minimum absolute atomic E-state index is 0.0452. The molecule has 0 aliphatic rings. The molecule has 12 nitrogen and oxygen atoms in total. The van der Waals surface area contributed by atoms with E-state index in [1.165, 1.54) is 6.07 Å². The van der Waals surface area contributed by atoms with Gasteiger partial charge in [0.15, 0.2) is 5.69 Å². The fraction of sp³-hybridized carbons (Fsp3) is 0.217. The van der Waals surface area contributed by atoms with Gasteiger partial charge in [-0.15, -0.1) is 0 Å². The van der Waals surface area contributed by atoms with E-state index in [2.05, 4.69) is 17.0 Å². The summed E-state index contributed by atoms with van der Waals surface area (Å²) in [6.07, 6.45) is 0. The summed E-state index contributed by atoms with van der Waals surface area (Å²) in [5.74, 6) is 0.387. The summed E-state index contributed by atoms with van der Waals surface area (Å²) in [6, 6.07) is 54.0. The fourth-order valence-corrected chi connectivity index (χ4v) is 7.18. The van der Waals surface area contributed by atoms with Crippen molar-refractivity contribution in [3.8, 4) is 62.8 Å². The molecule has 7 aromatic carbocycles. The summed E-state index contributed by atoms with van der Waals surface area (Å²) in [5, 5.41) is 18.2. The zero-order valence-corrected chi connectivity index (χ0v) is 40.3. The number of esters is 2. The summed E-state index contributed by atoms with van der Waals surface area (Å²) in [7, 11) is 0. The largest absolute Gasteiger partial charge is 0.493 e. The minimum atomic E-state index is -0.630. The SMILES string of the molecule is [C-]#[N+]c1ccc(-c2ccc(OCC(C)COOCc3cc(C(=O)OCC(C)COc4ccc(-c5ccc(C#N)cc5)cc4)cc(C(=O)OCC(C)COc4ccc(-c5ccc(C#N)cc5)cc4)c3)cc2)cc1. The molecule has 0 spiro atoms. The first kappa shape index (κ1) is 51.1. The summed E-state index contributed by atoms with van der Waals surface area (Å²) >= 11 is 0. The maximum Gasteiger partial charge on any atom is 0.338 e. The average molecular weight is 960 g/mol. The molecule has 362 valence electrons. The van der Waals surface area contributed by atoms with Crippen LogP contribution in [0.2, 0.25) is 0 Å². The van der Waals surface area contributed by atoms with Gasteiger partial charge in [0.1, 0.15) is 23.9 Å². The van der Waals surface area contributed by atoms with E-state index in [9.17, 15) is 9.59 Å². The van der Waals surface area contributed by atoms with Gasteiger partial charge in [0.25, 0.3) is 0 Å². The van der Waals surface area contributed by atoms with Crippen molar-refractivity contribution in [1.82, 2.24) is 0 Å². The van der Waals surface area contributed by atoms with Crippen LogP contribution >= 0.6 is 0 Å². The molecule has 0 aromatic heterocycles. The zero-order valence-electron chi connectivity index (χ0n) is 40.3. The molecule has 7 rings (SSSR count). The number of ether oxygens (including phenoxy) is 5. The molecule has 72 heavy (non-hydrogen) atoms. The highest BCUT2D eigenvalue weighted by atomic mass is 17.2. The van der Waals surface area contributed by atoms with Crippen molar-refractivity contribution in [3.05, 3.63) is 203 Å². The van der Waals surface area contributed by atoms with Gasteiger partial charge in [-0.2, -0.15) is 10.5 Å². The van der Waals surface area contributed by atoms with E-state index in [-0.39, 0.29) is 68.5 Å². The van der Waals surface area contributed by atoms with Crippen LogP contribution in [0.1, 0.15) is 58.2 Å². The lowest BCUT2D eigenvalue weighted by molar-refractivity contribution is -0.310. The Morgan fingerprint density at radius 2 is 0.792 bits per heavy atom. The molecule has 0 saturated carbocycles. The van der Waals surface area contributed by atoms with Crippen molar-refractivity contribution in [2.75, 3.05) is 39.6 Å². The number of carbonyl (C=O) groups is 2. The molecule has 7 aromatic rings. The van der Waals surface area contributed by atoms with Crippen molar-refractivity contribution < 1.29 is 43.0 Å². The van der Waals surface area contributed by atoms with E-state index < -0.39 is 11.9 Å². The van der Waals surface area contributed by atoms with E-state index in [4.69, 9.17) is 50.6 Å². The van der Waals surface area contributed by atoms with Crippen molar-refractivity contribution in [1.29, 1.82) is 10.5 Å². The first-order chi connectivity index (χ1) is 35.0. The third-order valence-corrected chi connectivity index (χ3v) is 11.3. The van der Waals surface area contributed by atoms with Crippen LogP contribution in [0.15, 0.2) is 164 Å². The zero-order chi connectivity index (χ0) is 50.7. The number of nitrogens with zero attached hydrogens (tertiary/aromatic N) is 3. The summed E-state index contributed by atoms with van der Waals surface area (Å²) in [6.45, 7) is 14.1. The van der Waals surface area contributed by atoms with Gasteiger partial charge >= 0.3 is 11.9 Å². The molecule has 3 unspecified atom stereocenters. The van der Waals surface area contributed by atoms with E-state index in [1.54, 1.807) is 48.5 Å². The lowest BCUT2D eigenvalue weighted by Gasteiger charge is -2.16. The van der Waals surface area contributed by atoms with Crippen LogP contribution in [0.4, 0.5) is 5.69 Å². The summed E-state index contributed by atoms with van der Waals surface area (Å²) in [4.78, 5) is 41.7. The number of hydrogen-bond donors (Lipinski definition) is 0. The standard InChI is InChI=1S/C60H53N3O9/c1-41(34-66-56-23-15-50(16-24-56)47-9-5-44(32-61)6-10-47)37-69-59(64)53-29-46(40-72-71-39-43(3)36-68-58-27-19-52(20-28-58)49-13-21-55(63-4)22-14-49)30-54(31-53)60(65)70-38-42(2)35-67-57-25-17-51(18-26-57)48-11-7-45(33-62)8-12-48/h5-31,41-43H,34-40H2,1-3H3. The third-order valence-electron chi connectivity index (χ3n) is 11.3. The summed E-state index contributed by atoms with van der Waals surface area (Å²) < 4.78 is 29.4. The Morgan fingerprint density at radius 3 is 1.14 bits per heavy atom. The van der Waals surface area contributed by atoms with Gasteiger partial charge in [-0.05, 0) is 118 Å². The first-order valence-electron chi connectivity index (χ1n) is 23.5. The maximum atomic E-state index is 13.5. The average Bonchev–Trinajstić information content (AvgIpc) is 3.43. The Hall–Kier alpha value is -8.73. The molecule has 0 aliphatic heterocycles. The number of benzene rings is 7. The molecule has 0 amide bonds. The van der Waals surface area contributed by atoms with Crippen molar-refractivity contribution >= 4 is 17.6 Å². The second kappa shape index (κ2) is 25.8. The second-order valence-corrected chi connectivity index (χ2v) is 17.5. The fourth-order valence-electron chi connectivity index (χ4n) is 7.18. The van der Waals surface area contributed by atoms with Gasteiger partial charge in [0, 0.05) is 17.8 Å². The minimum Gasteiger partial charge on any atom is -0.493 e. The van der Waals surface area contributed by atoms with Gasteiger partial charge in [-0.25, -0.2) is 24.2 Å². The van der Waals surface area contributed by atoms with Gasteiger partial charge in [-0.1, -0.05) is 106 Å². The molecule has 3 atom stereocenters. The smallest absolute Gasteiger partial charge is 0.338 e. The van der Waals surface area contributed by atoms with E-state index in [0.29, 0.717) is 46.2 Å². The van der Waals surface area contributed by atoms with Gasteiger partial charge < -0.3 is 23.7 Å². The monoisotopic (exact) mass is 959 g/mol. The topological polar surface area (TPSA) is 151 Å². The Kier molecular flexibility index (Phi) is 18.3. The number of hydrogen-bond acceptors (Lipinski definition) is 11. The highest BCUT2D eigenvalue weighted by Gasteiger charge is 2.19. The molecule has 0 saturated heterocycles. The van der Waals surface area contributed by atoms with E-state index >= 15 is 0 Å². The molecule has 12 heteroatoms. The first-order valence-corrected chi connectivity index (χ1v) is 23.5. The normalized spacial score (nSPS) is 11.9. The Bertz CT molecular complexity index is 2860. The van der Waals surface area contributed by atoms with Crippen molar-refractivity contribution in [2.24, 2.45) is 17.8 Å². The lowest BCUT2D eigenvalue weighted by Crippen LogP contribution is -2.19. The molecule has 0 N–H and O–H groups in total. The predicted octanol–water partition coefficient (Wildman–Crippen LogP) is 12.9. The molecule has 0 bridgehead atoms. The second-order valence-electron chi connectivity index (χ2n) is 17.5. The van der Waals surface area contributed by atoms with E-state index in [0.717, 1.165) is 33.4 Å². The van der Waals surface area contributed by atoms with Crippen LogP contribution in [0.25, 0.3) is 38.2 Å². The van der Waals surface area contributed by atoms with Gasteiger partial charge in [-0.3, -0.25) is 0 Å². The van der Waals surface area contributed by atoms with Crippen molar-refractivity contribution in [3.63, 3.8) is 0 Å². The molecule has 0 fully saturated rings. The van der Waals surface area contributed by atoms with Gasteiger partial charge in [0.2, 0.25) is 0 Å². The Balaban J connectivity index is 0.910. The quantitative estimate of drug-likeness (QED) is 0.0198. The predicted molar refractivity (Wildman–Crippen MR) is 273 cm³/mol. The number of rotatable bonds is 23. The molecular formula is C60H53N3O9. The third kappa shape index (κ3) is 15.1. The maximum absolute atomic E-state index is 13.5. The Morgan fingerprint density at radius 1 is 0.458 bits per heavy atom. The molecular weight excluding hydrogens is 907 g/mol. The van der Waals surface area contributed by atoms with Crippen molar-refractivity contribution in [2.45, 2.75) is 27.4 Å². The van der Waals surface area contributed by atoms with Crippen LogP contribution in [-0.4, -0.2) is 51.6 Å². The van der Waals surface area contributed by atoms with E-state index in [1.807, 2.05) is 130 Å².